The minimum atomic E-state index is 0.00465. The van der Waals surface area contributed by atoms with Crippen LogP contribution in [0.5, 0.6) is 5.75 Å². The van der Waals surface area contributed by atoms with E-state index in [1.807, 2.05) is 6.07 Å². The lowest BCUT2D eigenvalue weighted by Crippen LogP contribution is -2.41. The van der Waals surface area contributed by atoms with Crippen LogP contribution in [0, 0.1) is 0 Å². The Morgan fingerprint density at radius 3 is 2.20 bits per heavy atom. The molecule has 0 aliphatic carbocycles. The number of fused-ring (bicyclic) bond motifs is 4. The second kappa shape index (κ2) is 12.0. The van der Waals surface area contributed by atoms with E-state index in [0.29, 0.717) is 5.75 Å². The first-order chi connectivity index (χ1) is 14.4. The van der Waals surface area contributed by atoms with Gasteiger partial charge in [-0.2, -0.15) is 11.8 Å². The molecule has 4 atom stereocenters. The van der Waals surface area contributed by atoms with E-state index < -0.39 is 0 Å². The highest BCUT2D eigenvalue weighted by Gasteiger charge is 2.42. The molecule has 30 heavy (non-hydrogen) atoms. The molecule has 4 unspecified atom stereocenters. The van der Waals surface area contributed by atoms with Gasteiger partial charge in [0.25, 0.3) is 0 Å². The van der Waals surface area contributed by atoms with Crippen LogP contribution in [0.15, 0.2) is 18.2 Å². The zero-order valence-corrected chi connectivity index (χ0v) is 22.5. The molecule has 4 rings (SSSR count). The Bertz CT molecular complexity index is 651. The number of unbranched alkanes of at least 4 members (excludes halogenated alkanes) is 4. The summed E-state index contributed by atoms with van der Waals surface area (Å²) in [5.74, 6) is 0.463. The molecule has 0 aromatic heterocycles. The zero-order valence-electron chi connectivity index (χ0n) is 19.2. The van der Waals surface area contributed by atoms with Gasteiger partial charge in [0.1, 0.15) is 5.75 Å². The highest BCUT2D eigenvalue weighted by molar-refractivity contribution is 9.09. The van der Waals surface area contributed by atoms with E-state index >= 15 is 0 Å². The van der Waals surface area contributed by atoms with Crippen molar-refractivity contribution in [3.8, 4) is 5.75 Å². The Morgan fingerprint density at radius 2 is 1.57 bits per heavy atom. The summed E-state index contributed by atoms with van der Waals surface area (Å²) in [6.07, 6.45) is 13.4. The molecule has 1 nitrogen and oxygen atoms in total. The predicted molar refractivity (Wildman–Crippen MR) is 143 cm³/mol. The van der Waals surface area contributed by atoms with Gasteiger partial charge in [-0.05, 0) is 64.5 Å². The fourth-order valence-corrected chi connectivity index (χ4v) is 12.6. The van der Waals surface area contributed by atoms with E-state index in [-0.39, 0.29) is 5.41 Å². The first-order valence-electron chi connectivity index (χ1n) is 11.8. The first-order valence-corrected chi connectivity index (χ1v) is 16.4. The second-order valence-electron chi connectivity index (χ2n) is 9.98. The predicted octanol–water partition coefficient (Wildman–Crippen LogP) is 9.03. The summed E-state index contributed by atoms with van der Waals surface area (Å²) >= 11 is 2.30. The Labute approximate surface area is 200 Å². The van der Waals surface area contributed by atoms with E-state index in [2.05, 4.69) is 83.0 Å². The van der Waals surface area contributed by atoms with Crippen LogP contribution in [-0.2, 0) is 11.8 Å². The highest BCUT2D eigenvalue weighted by Crippen LogP contribution is 2.58. The van der Waals surface area contributed by atoms with Gasteiger partial charge in [0, 0.05) is 21.0 Å². The summed E-state index contributed by atoms with van der Waals surface area (Å²) in [7, 11) is 6.43. The summed E-state index contributed by atoms with van der Waals surface area (Å²) in [4.78, 5) is 0. The van der Waals surface area contributed by atoms with Crippen molar-refractivity contribution in [2.45, 2.75) is 118 Å². The van der Waals surface area contributed by atoms with Crippen LogP contribution in [0.3, 0.4) is 0 Å². The number of hydrogen-bond acceptors (Lipinski definition) is 5. The van der Waals surface area contributed by atoms with E-state index in [4.69, 9.17) is 0 Å². The van der Waals surface area contributed by atoms with Gasteiger partial charge in [-0.3, -0.25) is 0 Å². The number of aryl methyl sites for hydroxylation is 1. The normalized spacial score (nSPS) is 26.7. The molecule has 0 saturated carbocycles. The smallest absolute Gasteiger partial charge is 0.119 e. The van der Waals surface area contributed by atoms with Crippen LogP contribution >= 0.6 is 43.2 Å². The molecule has 3 heterocycles. The van der Waals surface area contributed by atoms with Crippen molar-refractivity contribution >= 4 is 43.2 Å². The van der Waals surface area contributed by atoms with Gasteiger partial charge in [0.15, 0.2) is 0 Å². The van der Waals surface area contributed by atoms with Crippen molar-refractivity contribution in [3.05, 3.63) is 29.3 Å². The molecule has 0 spiro atoms. The number of phenols is 1. The summed E-state index contributed by atoms with van der Waals surface area (Å²) in [6.45, 7) is 8.78. The van der Waals surface area contributed by atoms with Crippen molar-refractivity contribution < 1.29 is 5.11 Å². The van der Waals surface area contributed by atoms with Crippen LogP contribution < -0.4 is 0 Å². The molecule has 3 aliphatic heterocycles. The number of phenolic OH excluding ortho intramolecular Hbond substituents is 1. The molecule has 3 saturated heterocycles. The fourth-order valence-electron chi connectivity index (χ4n) is 4.49. The molecule has 3 fully saturated rings. The van der Waals surface area contributed by atoms with Gasteiger partial charge >= 0.3 is 0 Å². The average molecular weight is 485 g/mol. The summed E-state index contributed by atoms with van der Waals surface area (Å²) < 4.78 is 0. The van der Waals surface area contributed by atoms with Crippen molar-refractivity contribution in [2.24, 2.45) is 0 Å². The van der Waals surface area contributed by atoms with E-state index in [0.717, 1.165) is 33.0 Å². The zero-order chi connectivity index (χ0) is 21.6. The molecule has 1 aromatic carbocycles. The third-order valence-electron chi connectivity index (χ3n) is 6.37. The minimum absolute atomic E-state index is 0.00465. The van der Waals surface area contributed by atoms with Crippen LogP contribution in [0.1, 0.15) is 96.6 Å². The largest absolute Gasteiger partial charge is 0.508 e. The van der Waals surface area contributed by atoms with Gasteiger partial charge in [-0.1, -0.05) is 93.5 Å². The maximum Gasteiger partial charge on any atom is 0.119 e. The Hall–Kier alpha value is 0.420. The monoisotopic (exact) mass is 484 g/mol. The van der Waals surface area contributed by atoms with E-state index in [9.17, 15) is 5.11 Å². The van der Waals surface area contributed by atoms with Crippen LogP contribution in [0.25, 0.3) is 0 Å². The van der Waals surface area contributed by atoms with E-state index in [1.165, 1.54) is 63.4 Å². The Kier molecular flexibility index (Phi) is 10.1. The number of aromatic hydroxyl groups is 1. The van der Waals surface area contributed by atoms with Gasteiger partial charge in [-0.15, -0.1) is 0 Å². The molecule has 1 aromatic rings. The number of hydrogen-bond donors (Lipinski definition) is 1. The first kappa shape index (κ1) is 25.1. The molecule has 0 radical (unpaired) electrons. The summed E-state index contributed by atoms with van der Waals surface area (Å²) in [5.41, 5.74) is 2.33. The minimum Gasteiger partial charge on any atom is -0.508 e. The molecule has 0 amide bonds. The molecule has 2 bridgehead atoms. The highest BCUT2D eigenvalue weighted by atomic mass is 33.5. The Balaban J connectivity index is 1.27. The lowest BCUT2D eigenvalue weighted by molar-refractivity contribution is 0.445. The standard InChI is InChI=1S/C25H40OS4/c1-5-11-21-23-17-24(27-23)22(29-30-28-21)13-10-8-6-7-9-12-18-14-15-19(20(26)16-18)25(2,3)4/h14-16,21-24,26H,5-13,17H2,1-4H3. The second-order valence-corrected chi connectivity index (χ2v) is 16.0. The molecule has 170 valence electrons. The summed E-state index contributed by atoms with van der Waals surface area (Å²) in [6, 6.07) is 6.30. The van der Waals surface area contributed by atoms with Crippen LogP contribution in [-0.4, -0.2) is 26.1 Å². The third kappa shape index (κ3) is 7.22. The molecule has 3 aliphatic rings. The average Bonchev–Trinajstić information content (AvgIpc) is 2.62. The Morgan fingerprint density at radius 1 is 0.933 bits per heavy atom. The van der Waals surface area contributed by atoms with Gasteiger partial charge in [0.2, 0.25) is 0 Å². The summed E-state index contributed by atoms with van der Waals surface area (Å²) in [5, 5.41) is 13.9. The number of rotatable bonds is 10. The molecular formula is C25H40OS4. The van der Waals surface area contributed by atoms with E-state index in [1.54, 1.807) is 0 Å². The van der Waals surface area contributed by atoms with Gasteiger partial charge in [-0.25, -0.2) is 0 Å². The van der Waals surface area contributed by atoms with Crippen molar-refractivity contribution in [3.63, 3.8) is 0 Å². The maximum absolute atomic E-state index is 10.3. The molecular weight excluding hydrogens is 445 g/mol. The lowest BCUT2D eigenvalue weighted by Gasteiger charge is -2.45. The quantitative estimate of drug-likeness (QED) is 0.263. The molecule has 1 N–H and O–H groups in total. The van der Waals surface area contributed by atoms with Gasteiger partial charge in [0.05, 0.1) is 0 Å². The number of thioether (sulfide) groups is 1. The molecule has 5 heteroatoms. The topological polar surface area (TPSA) is 20.2 Å². The van der Waals surface area contributed by atoms with Crippen molar-refractivity contribution in [1.29, 1.82) is 0 Å². The van der Waals surface area contributed by atoms with Crippen molar-refractivity contribution in [2.75, 3.05) is 0 Å². The number of benzene rings is 1. The maximum atomic E-state index is 10.3. The van der Waals surface area contributed by atoms with Crippen LogP contribution in [0.4, 0.5) is 0 Å². The third-order valence-corrected chi connectivity index (χ3v) is 13.6. The van der Waals surface area contributed by atoms with Crippen LogP contribution in [0.2, 0.25) is 0 Å². The SMILES string of the molecule is CCCC1SSSC(CCCCCCCc2ccc(C(C)(C)C)c(O)c2)C2CC1S2. The van der Waals surface area contributed by atoms with Crippen molar-refractivity contribution in [1.82, 2.24) is 0 Å². The van der Waals surface area contributed by atoms with Gasteiger partial charge < -0.3 is 5.11 Å². The fraction of sp³-hybridized carbons (Fsp3) is 0.760. The lowest BCUT2D eigenvalue weighted by atomic mass is 9.85.